The predicted octanol–water partition coefficient (Wildman–Crippen LogP) is 2.97. The van der Waals surface area contributed by atoms with Crippen LogP contribution in [0.25, 0.3) is 11.3 Å². The molecule has 0 radical (unpaired) electrons. The molecule has 0 atom stereocenters. The first-order chi connectivity index (χ1) is 15.2. The Kier molecular flexibility index (Phi) is 5.02. The molecule has 0 spiro atoms. The highest BCUT2D eigenvalue weighted by Crippen LogP contribution is 2.42. The molecule has 5 rings (SSSR count). The lowest BCUT2D eigenvalue weighted by atomic mass is 10.1. The number of anilines is 3. The Morgan fingerprint density at radius 1 is 1.13 bits per heavy atom. The van der Waals surface area contributed by atoms with Crippen molar-refractivity contribution in [2.75, 3.05) is 29.9 Å². The van der Waals surface area contributed by atoms with E-state index in [9.17, 15) is 4.79 Å². The van der Waals surface area contributed by atoms with Crippen LogP contribution >= 0.6 is 0 Å². The number of hydrogen-bond acceptors (Lipinski definition) is 7. The Balaban J connectivity index is 1.44. The second-order valence-electron chi connectivity index (χ2n) is 7.74. The van der Waals surface area contributed by atoms with Crippen LogP contribution in [0.3, 0.4) is 0 Å². The second kappa shape index (κ2) is 8.13. The van der Waals surface area contributed by atoms with Crippen LogP contribution in [-0.4, -0.2) is 40.5 Å². The van der Waals surface area contributed by atoms with Crippen LogP contribution < -0.4 is 15.5 Å². The molecule has 31 heavy (non-hydrogen) atoms. The van der Waals surface area contributed by atoms with E-state index in [-0.39, 0.29) is 5.91 Å². The quantitative estimate of drug-likeness (QED) is 0.665. The van der Waals surface area contributed by atoms with Gasteiger partial charge in [-0.1, -0.05) is 0 Å². The maximum Gasteiger partial charge on any atom is 0.242 e. The molecule has 0 aromatic carbocycles. The summed E-state index contributed by atoms with van der Waals surface area (Å²) in [6, 6.07) is 13.5. The zero-order chi connectivity index (χ0) is 21.2. The van der Waals surface area contributed by atoms with Crippen LogP contribution in [0, 0.1) is 11.3 Å². The van der Waals surface area contributed by atoms with Gasteiger partial charge in [-0.25, -0.2) is 15.0 Å². The second-order valence-corrected chi connectivity index (χ2v) is 7.74. The molecule has 4 heterocycles. The maximum absolute atomic E-state index is 12.1. The summed E-state index contributed by atoms with van der Waals surface area (Å²) >= 11 is 0. The largest absolute Gasteiger partial charge is 0.325 e. The highest BCUT2D eigenvalue weighted by molar-refractivity contribution is 5.94. The lowest BCUT2D eigenvalue weighted by Gasteiger charge is -2.26. The molecule has 1 saturated heterocycles. The topological polar surface area (TPSA) is 107 Å². The van der Waals surface area contributed by atoms with Gasteiger partial charge in [0.25, 0.3) is 0 Å². The number of carbonyl (C=O) groups is 1. The van der Waals surface area contributed by atoms with E-state index in [0.717, 1.165) is 17.8 Å². The smallest absolute Gasteiger partial charge is 0.242 e. The van der Waals surface area contributed by atoms with Crippen molar-refractivity contribution in [3.05, 3.63) is 59.9 Å². The summed E-state index contributed by atoms with van der Waals surface area (Å²) in [7, 11) is 0. The van der Waals surface area contributed by atoms with Crippen LogP contribution in [0.5, 0.6) is 0 Å². The van der Waals surface area contributed by atoms with Crippen molar-refractivity contribution in [3.63, 3.8) is 0 Å². The molecule has 1 saturated carbocycles. The lowest BCUT2D eigenvalue weighted by molar-refractivity contribution is -0.118. The molecule has 1 aliphatic carbocycles. The average Bonchev–Trinajstić information content (AvgIpc) is 3.65. The Morgan fingerprint density at radius 2 is 2.03 bits per heavy atom. The van der Waals surface area contributed by atoms with E-state index in [1.54, 1.807) is 29.4 Å². The fourth-order valence-corrected chi connectivity index (χ4v) is 3.66. The van der Waals surface area contributed by atoms with Crippen molar-refractivity contribution < 1.29 is 4.79 Å². The number of piperazine rings is 1. The molecule has 3 aromatic heterocycles. The molecule has 0 bridgehead atoms. The molecule has 8 heteroatoms. The van der Waals surface area contributed by atoms with Gasteiger partial charge in [-0.05, 0) is 60.7 Å². The third kappa shape index (κ3) is 4.22. The zero-order valence-electron chi connectivity index (χ0n) is 16.9. The summed E-state index contributed by atoms with van der Waals surface area (Å²) in [6.07, 6.45) is 5.72. The van der Waals surface area contributed by atoms with E-state index in [2.05, 4.69) is 32.7 Å². The molecular formula is C23H21N7O. The van der Waals surface area contributed by atoms with E-state index in [1.165, 1.54) is 18.4 Å². The van der Waals surface area contributed by atoms with Gasteiger partial charge in [-0.2, -0.15) is 5.26 Å². The van der Waals surface area contributed by atoms with Gasteiger partial charge in [0.1, 0.15) is 17.5 Å². The third-order valence-electron chi connectivity index (χ3n) is 5.45. The molecule has 3 aromatic rings. The molecule has 2 fully saturated rings. The number of pyridine rings is 3. The van der Waals surface area contributed by atoms with Crippen LogP contribution in [0.4, 0.5) is 17.5 Å². The van der Waals surface area contributed by atoms with Crippen LogP contribution in [-0.2, 0) is 4.79 Å². The van der Waals surface area contributed by atoms with E-state index in [0.29, 0.717) is 42.0 Å². The van der Waals surface area contributed by atoms with Gasteiger partial charge in [-0.15, -0.1) is 0 Å². The Labute approximate surface area is 180 Å². The highest BCUT2D eigenvalue weighted by atomic mass is 16.2. The molecule has 154 valence electrons. The van der Waals surface area contributed by atoms with E-state index < -0.39 is 0 Å². The summed E-state index contributed by atoms with van der Waals surface area (Å²) in [4.78, 5) is 27.4. The number of aromatic nitrogens is 3. The SMILES string of the molecule is N#Cc1ccnc(Nc2cc(C3CC3)cc(-c3ccc(N4CCNCC4=O)nc3)n2)c1. The minimum absolute atomic E-state index is 0.0268. The first kappa shape index (κ1) is 19.2. The van der Waals surface area contributed by atoms with Gasteiger partial charge >= 0.3 is 0 Å². The van der Waals surface area contributed by atoms with Crippen molar-refractivity contribution in [2.45, 2.75) is 18.8 Å². The maximum atomic E-state index is 12.1. The number of nitrogens with zero attached hydrogens (tertiary/aromatic N) is 5. The lowest BCUT2D eigenvalue weighted by Crippen LogP contribution is -2.48. The predicted molar refractivity (Wildman–Crippen MR) is 117 cm³/mol. The minimum atomic E-state index is 0.0268. The molecule has 0 unspecified atom stereocenters. The third-order valence-corrected chi connectivity index (χ3v) is 5.45. The Hall–Kier alpha value is -3.83. The van der Waals surface area contributed by atoms with Gasteiger partial charge < -0.3 is 10.6 Å². The van der Waals surface area contributed by atoms with Crippen molar-refractivity contribution in [1.29, 1.82) is 5.26 Å². The average molecular weight is 411 g/mol. The molecular weight excluding hydrogens is 390 g/mol. The van der Waals surface area contributed by atoms with Crippen molar-refractivity contribution in [1.82, 2.24) is 20.3 Å². The summed E-state index contributed by atoms with van der Waals surface area (Å²) in [5.74, 6) is 2.49. The Morgan fingerprint density at radius 3 is 2.77 bits per heavy atom. The summed E-state index contributed by atoms with van der Waals surface area (Å²) < 4.78 is 0. The summed E-state index contributed by atoms with van der Waals surface area (Å²) in [6.45, 7) is 1.71. The number of carbonyl (C=O) groups excluding carboxylic acids is 1. The summed E-state index contributed by atoms with van der Waals surface area (Å²) in [5.41, 5.74) is 3.47. The zero-order valence-corrected chi connectivity index (χ0v) is 16.9. The van der Waals surface area contributed by atoms with Crippen LogP contribution in [0.2, 0.25) is 0 Å². The van der Waals surface area contributed by atoms with Crippen LogP contribution in [0.1, 0.15) is 29.9 Å². The summed E-state index contributed by atoms with van der Waals surface area (Å²) in [5, 5.41) is 15.4. The van der Waals surface area contributed by atoms with Crippen molar-refractivity contribution >= 4 is 23.4 Å². The molecule has 2 aliphatic rings. The monoisotopic (exact) mass is 411 g/mol. The van der Waals surface area contributed by atoms with Gasteiger partial charge in [0.15, 0.2) is 0 Å². The van der Waals surface area contributed by atoms with Gasteiger partial charge in [0.05, 0.1) is 23.9 Å². The van der Waals surface area contributed by atoms with E-state index in [1.807, 2.05) is 18.2 Å². The number of amides is 1. The minimum Gasteiger partial charge on any atom is -0.325 e. The molecule has 1 aliphatic heterocycles. The Bertz CT molecular complexity index is 1170. The fraction of sp³-hybridized carbons (Fsp3) is 0.261. The van der Waals surface area contributed by atoms with Crippen molar-refractivity contribution in [3.8, 4) is 17.3 Å². The van der Waals surface area contributed by atoms with E-state index in [4.69, 9.17) is 10.2 Å². The molecule has 8 nitrogen and oxygen atoms in total. The van der Waals surface area contributed by atoms with Crippen LogP contribution in [0.15, 0.2) is 48.8 Å². The van der Waals surface area contributed by atoms with Gasteiger partial charge in [-0.3, -0.25) is 9.69 Å². The van der Waals surface area contributed by atoms with E-state index >= 15 is 0 Å². The number of hydrogen-bond donors (Lipinski definition) is 2. The normalized spacial score (nSPS) is 16.1. The first-order valence-electron chi connectivity index (χ1n) is 10.3. The van der Waals surface area contributed by atoms with Gasteiger partial charge in [0.2, 0.25) is 5.91 Å². The molecule has 2 N–H and O–H groups in total. The van der Waals surface area contributed by atoms with Gasteiger partial charge in [0, 0.05) is 31.0 Å². The number of nitrogens with one attached hydrogen (secondary N) is 2. The number of nitriles is 1. The fourth-order valence-electron chi connectivity index (χ4n) is 3.66. The molecule has 1 amide bonds. The highest BCUT2D eigenvalue weighted by Gasteiger charge is 2.25. The van der Waals surface area contributed by atoms with Crippen molar-refractivity contribution in [2.24, 2.45) is 0 Å². The first-order valence-corrected chi connectivity index (χ1v) is 10.3. The number of rotatable bonds is 5. The standard InChI is InChI=1S/C23H21N7O/c24-12-15-5-6-26-20(9-15)29-21-11-18(16-1-2-16)10-19(28-21)17-3-4-22(27-13-17)30-8-7-25-14-23(30)31/h3-6,9-11,13,16,25H,1-2,7-8,14H2,(H,26,28,29).